The Kier molecular flexibility index (Phi) is 5.14. The highest BCUT2D eigenvalue weighted by atomic mass is 16.2. The second kappa shape index (κ2) is 7.84. The normalized spacial score (nSPS) is 10.2. The maximum absolute atomic E-state index is 12.6. The molecule has 0 aliphatic rings. The first-order valence-electron chi connectivity index (χ1n) is 7.82. The number of benzene rings is 2. The summed E-state index contributed by atoms with van der Waals surface area (Å²) in [7, 11) is 0. The van der Waals surface area contributed by atoms with E-state index in [0.29, 0.717) is 29.0 Å². The molecular weight excluding hydrogens is 332 g/mol. The minimum absolute atomic E-state index is 0.289. The van der Waals surface area contributed by atoms with Crippen LogP contribution in [0.2, 0.25) is 0 Å². The molecule has 8 nitrogen and oxygen atoms in total. The lowest BCUT2D eigenvalue weighted by Crippen LogP contribution is -2.25. The van der Waals surface area contributed by atoms with Gasteiger partial charge in [-0.3, -0.25) is 9.59 Å². The first-order chi connectivity index (χ1) is 12.7. The van der Waals surface area contributed by atoms with Gasteiger partial charge in [0, 0.05) is 12.1 Å². The zero-order valence-corrected chi connectivity index (χ0v) is 13.8. The molecule has 2 amide bonds. The summed E-state index contributed by atoms with van der Waals surface area (Å²) in [5.74, 6) is -0.632. The fourth-order valence-electron chi connectivity index (χ4n) is 2.31. The smallest absolute Gasteiger partial charge is 0.255 e. The van der Waals surface area contributed by atoms with Crippen LogP contribution in [-0.2, 0) is 0 Å². The third-order valence-corrected chi connectivity index (χ3v) is 3.55. The number of aromatic nitrogens is 4. The van der Waals surface area contributed by atoms with Crippen molar-refractivity contribution in [2.24, 2.45) is 0 Å². The molecule has 3 aromatic rings. The number of hydrogen-bond donors (Lipinski definition) is 2. The van der Waals surface area contributed by atoms with Crippen molar-refractivity contribution in [2.45, 2.75) is 0 Å². The fourth-order valence-corrected chi connectivity index (χ4v) is 2.31. The second-order valence-electron chi connectivity index (χ2n) is 5.30. The van der Waals surface area contributed by atoms with E-state index >= 15 is 0 Å². The zero-order chi connectivity index (χ0) is 18.4. The van der Waals surface area contributed by atoms with Gasteiger partial charge in [0.25, 0.3) is 11.8 Å². The number of amides is 2. The Morgan fingerprint density at radius 1 is 1.12 bits per heavy atom. The van der Waals surface area contributed by atoms with E-state index in [2.05, 4.69) is 32.7 Å². The van der Waals surface area contributed by atoms with Gasteiger partial charge in [-0.2, -0.15) is 0 Å². The first-order valence-corrected chi connectivity index (χ1v) is 7.82. The molecule has 0 unspecified atom stereocenters. The molecule has 1 heterocycles. The summed E-state index contributed by atoms with van der Waals surface area (Å²) in [5, 5.41) is 16.4. The van der Waals surface area contributed by atoms with Gasteiger partial charge in [0.15, 0.2) is 0 Å². The Bertz CT molecular complexity index is 936. The average Bonchev–Trinajstić information content (AvgIpc) is 3.21. The maximum Gasteiger partial charge on any atom is 0.255 e. The van der Waals surface area contributed by atoms with Gasteiger partial charge in [-0.1, -0.05) is 24.3 Å². The van der Waals surface area contributed by atoms with Crippen LogP contribution in [0.25, 0.3) is 5.69 Å². The third kappa shape index (κ3) is 3.81. The number of nitrogens with zero attached hydrogens (tertiary/aromatic N) is 4. The molecule has 2 N–H and O–H groups in total. The van der Waals surface area contributed by atoms with E-state index in [1.165, 1.54) is 11.0 Å². The molecule has 1 aromatic heterocycles. The minimum Gasteiger partial charge on any atom is -0.349 e. The van der Waals surface area contributed by atoms with E-state index in [9.17, 15) is 9.59 Å². The average molecular weight is 348 g/mol. The summed E-state index contributed by atoms with van der Waals surface area (Å²) in [6.45, 7) is 3.91. The maximum atomic E-state index is 12.6. The summed E-state index contributed by atoms with van der Waals surface area (Å²) in [5.41, 5.74) is 1.87. The highest BCUT2D eigenvalue weighted by molar-refractivity contribution is 6.09. The summed E-state index contributed by atoms with van der Waals surface area (Å²) in [6, 6.07) is 13.6. The molecule has 0 saturated carbocycles. The van der Waals surface area contributed by atoms with Crippen molar-refractivity contribution in [3.05, 3.63) is 78.6 Å². The highest BCUT2D eigenvalue weighted by Crippen LogP contribution is 2.17. The topological polar surface area (TPSA) is 102 Å². The Balaban J connectivity index is 1.82. The van der Waals surface area contributed by atoms with Crippen molar-refractivity contribution in [3.63, 3.8) is 0 Å². The minimum atomic E-state index is -0.344. The monoisotopic (exact) mass is 348 g/mol. The van der Waals surface area contributed by atoms with Gasteiger partial charge in [0.05, 0.1) is 16.9 Å². The van der Waals surface area contributed by atoms with Gasteiger partial charge in [-0.15, -0.1) is 11.7 Å². The van der Waals surface area contributed by atoms with Crippen LogP contribution in [-0.4, -0.2) is 38.6 Å². The predicted octanol–water partition coefficient (Wildman–Crippen LogP) is 1.83. The summed E-state index contributed by atoms with van der Waals surface area (Å²) < 4.78 is 1.45. The lowest BCUT2D eigenvalue weighted by Gasteiger charge is -2.11. The van der Waals surface area contributed by atoms with E-state index in [4.69, 9.17) is 0 Å². The summed E-state index contributed by atoms with van der Waals surface area (Å²) in [6.07, 6.45) is 3.03. The molecule has 2 aromatic carbocycles. The van der Waals surface area contributed by atoms with E-state index in [0.717, 1.165) is 0 Å². The Morgan fingerprint density at radius 2 is 1.96 bits per heavy atom. The molecule has 0 aliphatic heterocycles. The number of rotatable bonds is 6. The molecule has 0 saturated heterocycles. The van der Waals surface area contributed by atoms with Crippen LogP contribution < -0.4 is 10.6 Å². The van der Waals surface area contributed by atoms with Gasteiger partial charge < -0.3 is 10.6 Å². The summed E-state index contributed by atoms with van der Waals surface area (Å²) in [4.78, 5) is 24.8. The van der Waals surface area contributed by atoms with Crippen LogP contribution in [0.15, 0.2) is 67.5 Å². The molecule has 0 bridgehead atoms. The predicted molar refractivity (Wildman–Crippen MR) is 96.1 cm³/mol. The van der Waals surface area contributed by atoms with Gasteiger partial charge in [0.2, 0.25) is 0 Å². The molecule has 0 aliphatic carbocycles. The Hall–Kier alpha value is -3.81. The van der Waals surface area contributed by atoms with E-state index in [1.807, 2.05) is 0 Å². The SMILES string of the molecule is C=CCNC(=O)c1ccccc1NC(=O)c1cccc(-n2cnnn2)c1. The van der Waals surface area contributed by atoms with Crippen LogP contribution >= 0.6 is 0 Å². The van der Waals surface area contributed by atoms with Gasteiger partial charge in [-0.05, 0) is 40.8 Å². The van der Waals surface area contributed by atoms with Crippen LogP contribution in [0.3, 0.4) is 0 Å². The quantitative estimate of drug-likeness (QED) is 0.662. The van der Waals surface area contributed by atoms with Crippen LogP contribution in [0.1, 0.15) is 20.7 Å². The van der Waals surface area contributed by atoms with Crippen LogP contribution in [0.5, 0.6) is 0 Å². The number of nitrogens with one attached hydrogen (secondary N) is 2. The lowest BCUT2D eigenvalue weighted by molar-refractivity contribution is 0.0959. The van der Waals surface area contributed by atoms with Crippen molar-refractivity contribution in [3.8, 4) is 5.69 Å². The largest absolute Gasteiger partial charge is 0.349 e. The summed E-state index contributed by atoms with van der Waals surface area (Å²) >= 11 is 0. The number of hydrogen-bond acceptors (Lipinski definition) is 5. The Morgan fingerprint density at radius 3 is 2.73 bits per heavy atom. The molecule has 8 heteroatoms. The van der Waals surface area contributed by atoms with Crippen molar-refractivity contribution < 1.29 is 9.59 Å². The zero-order valence-electron chi connectivity index (χ0n) is 13.8. The van der Waals surface area contributed by atoms with Crippen LogP contribution in [0.4, 0.5) is 5.69 Å². The van der Waals surface area contributed by atoms with Crippen molar-refractivity contribution in [2.75, 3.05) is 11.9 Å². The van der Waals surface area contributed by atoms with Gasteiger partial charge in [-0.25, -0.2) is 4.68 Å². The third-order valence-electron chi connectivity index (χ3n) is 3.55. The second-order valence-corrected chi connectivity index (χ2v) is 5.30. The van der Waals surface area contributed by atoms with Crippen molar-refractivity contribution in [1.29, 1.82) is 0 Å². The first kappa shape index (κ1) is 17.0. The van der Waals surface area contributed by atoms with Gasteiger partial charge in [0.1, 0.15) is 6.33 Å². The molecule has 130 valence electrons. The van der Waals surface area contributed by atoms with Crippen LogP contribution in [0, 0.1) is 0 Å². The van der Waals surface area contributed by atoms with Crippen molar-refractivity contribution in [1.82, 2.24) is 25.5 Å². The molecule has 3 rings (SSSR count). The molecule has 0 spiro atoms. The van der Waals surface area contributed by atoms with Crippen molar-refractivity contribution >= 4 is 17.5 Å². The molecule has 26 heavy (non-hydrogen) atoms. The lowest BCUT2D eigenvalue weighted by atomic mass is 10.1. The molecule has 0 fully saturated rings. The number of para-hydroxylation sites is 1. The fraction of sp³-hybridized carbons (Fsp3) is 0.0556. The number of carbonyl (C=O) groups is 2. The van der Waals surface area contributed by atoms with Gasteiger partial charge >= 0.3 is 0 Å². The molecular formula is C18H16N6O2. The van der Waals surface area contributed by atoms with E-state index < -0.39 is 0 Å². The Labute approximate surface area is 149 Å². The highest BCUT2D eigenvalue weighted by Gasteiger charge is 2.14. The van der Waals surface area contributed by atoms with E-state index in [1.54, 1.807) is 54.6 Å². The van der Waals surface area contributed by atoms with E-state index in [-0.39, 0.29) is 11.8 Å². The molecule has 0 radical (unpaired) electrons. The standard InChI is InChI=1S/C18H16N6O2/c1-2-10-19-18(26)15-8-3-4-9-16(15)21-17(25)13-6-5-7-14(11-13)24-12-20-22-23-24/h2-9,11-12H,1,10H2,(H,19,26)(H,21,25). The number of carbonyl (C=O) groups excluding carboxylic acids is 2. The molecule has 0 atom stereocenters. The number of tetrazole rings is 1. The number of anilines is 1.